The minimum Gasteiger partial charge on any atom is -0.384 e. The maximum Gasteiger partial charge on any atom is 0.123 e. The lowest BCUT2D eigenvalue weighted by Crippen LogP contribution is -2.27. The second-order valence-electron chi connectivity index (χ2n) is 4.11. The van der Waals surface area contributed by atoms with Gasteiger partial charge in [0.2, 0.25) is 0 Å². The predicted octanol–water partition coefficient (Wildman–Crippen LogP) is 1.17. The molecule has 3 N–H and O–H groups in total. The molecule has 0 radical (unpaired) electrons. The Bertz CT molecular complexity index is 305. The summed E-state index contributed by atoms with van der Waals surface area (Å²) in [5, 5.41) is 3.33. The minimum atomic E-state index is 0.565. The summed E-state index contributed by atoms with van der Waals surface area (Å²) < 4.78 is 0. The van der Waals surface area contributed by atoms with Gasteiger partial charge in [0, 0.05) is 19.1 Å². The first kappa shape index (κ1) is 10.2. The maximum absolute atomic E-state index is 5.50. The van der Waals surface area contributed by atoms with Crippen molar-refractivity contribution in [1.29, 1.82) is 0 Å². The van der Waals surface area contributed by atoms with Crippen molar-refractivity contribution < 1.29 is 0 Å². The van der Waals surface area contributed by atoms with Gasteiger partial charge in [0.25, 0.3) is 0 Å². The number of hydrogen-bond donors (Lipinski definition) is 2. The number of nitrogens with zero attached hydrogens (tertiary/aromatic N) is 2. The van der Waals surface area contributed by atoms with Crippen molar-refractivity contribution in [2.24, 2.45) is 0 Å². The van der Waals surface area contributed by atoms with Crippen LogP contribution in [-0.2, 0) is 0 Å². The van der Waals surface area contributed by atoms with E-state index in [1.54, 1.807) is 6.20 Å². The number of aromatic nitrogens is 1. The van der Waals surface area contributed by atoms with Crippen molar-refractivity contribution >= 4 is 11.5 Å². The highest BCUT2D eigenvalue weighted by molar-refractivity contribution is 5.45. The monoisotopic (exact) mass is 206 g/mol. The molecular formula is C11H18N4. The standard InChI is InChI=1S/C11H18N4/c1-15(10-3-4-10)7-6-13-9-2-5-11(12)14-8-9/h2,5,8,10,13H,3-4,6-7H2,1H3,(H2,12,14). The van der Waals surface area contributed by atoms with Crippen molar-refractivity contribution in [3.63, 3.8) is 0 Å². The summed E-state index contributed by atoms with van der Waals surface area (Å²) in [4.78, 5) is 6.43. The van der Waals surface area contributed by atoms with Crippen molar-refractivity contribution in [2.75, 3.05) is 31.2 Å². The van der Waals surface area contributed by atoms with Crippen LogP contribution >= 0.6 is 0 Å². The van der Waals surface area contributed by atoms with Gasteiger partial charge in [0.1, 0.15) is 5.82 Å². The van der Waals surface area contributed by atoms with Crippen LogP contribution in [0.25, 0.3) is 0 Å². The fraction of sp³-hybridized carbons (Fsp3) is 0.545. The third-order valence-electron chi connectivity index (χ3n) is 2.75. The number of hydrogen-bond acceptors (Lipinski definition) is 4. The Balaban J connectivity index is 1.70. The van der Waals surface area contributed by atoms with Crippen molar-refractivity contribution in [3.8, 4) is 0 Å². The van der Waals surface area contributed by atoms with Crippen LogP contribution in [0.2, 0.25) is 0 Å². The van der Waals surface area contributed by atoms with Crippen LogP contribution in [0.5, 0.6) is 0 Å². The molecule has 0 atom stereocenters. The van der Waals surface area contributed by atoms with E-state index in [2.05, 4.69) is 22.2 Å². The van der Waals surface area contributed by atoms with Crippen molar-refractivity contribution in [3.05, 3.63) is 18.3 Å². The summed E-state index contributed by atoms with van der Waals surface area (Å²) >= 11 is 0. The Hall–Kier alpha value is -1.29. The van der Waals surface area contributed by atoms with Crippen LogP contribution in [-0.4, -0.2) is 36.1 Å². The highest BCUT2D eigenvalue weighted by Crippen LogP contribution is 2.24. The average molecular weight is 206 g/mol. The topological polar surface area (TPSA) is 54.2 Å². The SMILES string of the molecule is CN(CCNc1ccc(N)nc1)C1CC1. The van der Waals surface area contributed by atoms with Crippen molar-refractivity contribution in [1.82, 2.24) is 9.88 Å². The molecule has 1 aliphatic rings. The lowest BCUT2D eigenvalue weighted by atomic mass is 10.4. The summed E-state index contributed by atoms with van der Waals surface area (Å²) in [6.45, 7) is 2.04. The highest BCUT2D eigenvalue weighted by atomic mass is 15.2. The Morgan fingerprint density at radius 2 is 2.33 bits per heavy atom. The van der Waals surface area contributed by atoms with E-state index in [9.17, 15) is 0 Å². The van der Waals surface area contributed by atoms with Crippen LogP contribution in [0.4, 0.5) is 11.5 Å². The number of nitrogens with one attached hydrogen (secondary N) is 1. The van der Waals surface area contributed by atoms with Gasteiger partial charge in [0.05, 0.1) is 11.9 Å². The summed E-state index contributed by atoms with van der Waals surface area (Å²) in [5.41, 5.74) is 6.54. The number of anilines is 2. The molecule has 0 bridgehead atoms. The molecule has 1 heterocycles. The van der Waals surface area contributed by atoms with Gasteiger partial charge in [-0.25, -0.2) is 4.98 Å². The molecule has 1 saturated carbocycles. The van der Waals surface area contributed by atoms with Gasteiger partial charge in [-0.3, -0.25) is 0 Å². The van der Waals surface area contributed by atoms with Crippen molar-refractivity contribution in [2.45, 2.75) is 18.9 Å². The first-order valence-electron chi connectivity index (χ1n) is 5.41. The first-order chi connectivity index (χ1) is 7.25. The van der Waals surface area contributed by atoms with Crippen LogP contribution in [0.1, 0.15) is 12.8 Å². The van der Waals surface area contributed by atoms with E-state index in [0.29, 0.717) is 5.82 Å². The molecule has 1 fully saturated rings. The number of likely N-dealkylation sites (N-methyl/N-ethyl adjacent to an activating group) is 1. The molecule has 2 rings (SSSR count). The van der Waals surface area contributed by atoms with Crippen LogP contribution in [0.15, 0.2) is 18.3 Å². The van der Waals surface area contributed by atoms with Gasteiger partial charge in [-0.15, -0.1) is 0 Å². The third-order valence-corrected chi connectivity index (χ3v) is 2.75. The maximum atomic E-state index is 5.50. The molecule has 0 saturated heterocycles. The molecule has 0 aromatic carbocycles. The molecule has 82 valence electrons. The van der Waals surface area contributed by atoms with Gasteiger partial charge < -0.3 is 16.0 Å². The number of nitrogens with two attached hydrogens (primary N) is 1. The molecule has 0 amide bonds. The number of rotatable bonds is 5. The zero-order valence-corrected chi connectivity index (χ0v) is 9.11. The van der Waals surface area contributed by atoms with E-state index < -0.39 is 0 Å². The summed E-state index contributed by atoms with van der Waals surface area (Å²) in [6, 6.07) is 4.60. The largest absolute Gasteiger partial charge is 0.384 e. The lowest BCUT2D eigenvalue weighted by molar-refractivity contribution is 0.337. The van der Waals surface area contributed by atoms with E-state index in [1.165, 1.54) is 12.8 Å². The fourth-order valence-corrected chi connectivity index (χ4v) is 1.58. The fourth-order valence-electron chi connectivity index (χ4n) is 1.58. The predicted molar refractivity (Wildman–Crippen MR) is 62.8 cm³/mol. The zero-order chi connectivity index (χ0) is 10.7. The summed E-state index contributed by atoms with van der Waals surface area (Å²) in [6.07, 6.45) is 4.49. The van der Waals surface area contributed by atoms with Crippen LogP contribution < -0.4 is 11.1 Å². The molecule has 15 heavy (non-hydrogen) atoms. The van der Waals surface area contributed by atoms with Gasteiger partial charge in [-0.2, -0.15) is 0 Å². The van der Waals surface area contributed by atoms with E-state index in [0.717, 1.165) is 24.8 Å². The molecule has 1 aromatic rings. The van der Waals surface area contributed by atoms with E-state index in [1.807, 2.05) is 12.1 Å². The summed E-state index contributed by atoms with van der Waals surface area (Å²) in [7, 11) is 2.18. The molecule has 4 heteroatoms. The normalized spacial score (nSPS) is 15.6. The smallest absolute Gasteiger partial charge is 0.123 e. The second-order valence-corrected chi connectivity index (χ2v) is 4.11. The van der Waals surface area contributed by atoms with Crippen LogP contribution in [0.3, 0.4) is 0 Å². The quantitative estimate of drug-likeness (QED) is 0.759. The molecule has 0 aliphatic heterocycles. The first-order valence-corrected chi connectivity index (χ1v) is 5.41. The Labute approximate surface area is 90.5 Å². The number of nitrogen functional groups attached to an aromatic ring is 1. The molecular weight excluding hydrogens is 188 g/mol. The third kappa shape index (κ3) is 3.09. The second kappa shape index (κ2) is 4.49. The Morgan fingerprint density at radius 1 is 1.53 bits per heavy atom. The van der Waals surface area contributed by atoms with Gasteiger partial charge in [-0.1, -0.05) is 0 Å². The van der Waals surface area contributed by atoms with Gasteiger partial charge in [0.15, 0.2) is 0 Å². The molecule has 0 unspecified atom stereocenters. The van der Waals surface area contributed by atoms with E-state index in [-0.39, 0.29) is 0 Å². The molecule has 1 aromatic heterocycles. The average Bonchev–Trinajstić information content (AvgIpc) is 3.04. The van der Waals surface area contributed by atoms with Gasteiger partial charge in [-0.05, 0) is 32.0 Å². The molecule has 0 spiro atoms. The van der Waals surface area contributed by atoms with Gasteiger partial charge >= 0.3 is 0 Å². The Kier molecular flexibility index (Phi) is 3.06. The van der Waals surface area contributed by atoms with E-state index >= 15 is 0 Å². The Morgan fingerprint density at radius 3 is 2.93 bits per heavy atom. The lowest BCUT2D eigenvalue weighted by Gasteiger charge is -2.16. The highest BCUT2D eigenvalue weighted by Gasteiger charge is 2.25. The zero-order valence-electron chi connectivity index (χ0n) is 9.11. The molecule has 1 aliphatic carbocycles. The molecule has 4 nitrogen and oxygen atoms in total. The van der Waals surface area contributed by atoms with Crippen LogP contribution in [0, 0.1) is 0 Å². The number of pyridine rings is 1. The van der Waals surface area contributed by atoms with E-state index in [4.69, 9.17) is 5.73 Å². The minimum absolute atomic E-state index is 0.565. The summed E-state index contributed by atoms with van der Waals surface area (Å²) in [5.74, 6) is 0.565.